The summed E-state index contributed by atoms with van der Waals surface area (Å²) in [6, 6.07) is 0.571. The molecule has 0 aliphatic heterocycles. The van der Waals surface area contributed by atoms with Gasteiger partial charge in [-0.05, 0) is 24.7 Å². The van der Waals surface area contributed by atoms with E-state index in [1.54, 1.807) is 0 Å². The Kier molecular flexibility index (Phi) is 4.54. The molecule has 0 aromatic carbocycles. The van der Waals surface area contributed by atoms with E-state index in [1.165, 1.54) is 12.8 Å². The van der Waals surface area contributed by atoms with Crippen LogP contribution in [0.2, 0.25) is 0 Å². The van der Waals surface area contributed by atoms with Gasteiger partial charge in [-0.15, -0.1) is 0 Å². The summed E-state index contributed by atoms with van der Waals surface area (Å²) in [4.78, 5) is 11.4. The molecule has 0 unspecified atom stereocenters. The molecule has 0 heterocycles. The molecule has 0 bridgehead atoms. The number of hydrogen-bond acceptors (Lipinski definition) is 3. The van der Waals surface area contributed by atoms with Crippen LogP contribution < -0.4 is 10.6 Å². The van der Waals surface area contributed by atoms with Crippen LogP contribution in [0.15, 0.2) is 0 Å². The standard InChI is InChI=1S/C11H22N2O2/c1-11(2,5-6-14)8-13-10(15)7-12-9-3-4-9/h9,12,14H,3-8H2,1-2H3,(H,13,15). The summed E-state index contributed by atoms with van der Waals surface area (Å²) in [5.41, 5.74) is -0.0238. The van der Waals surface area contributed by atoms with Crippen molar-refractivity contribution < 1.29 is 9.90 Å². The lowest BCUT2D eigenvalue weighted by atomic mass is 9.90. The minimum atomic E-state index is -0.0238. The minimum absolute atomic E-state index is 0.0238. The summed E-state index contributed by atoms with van der Waals surface area (Å²) in [5.74, 6) is 0.0490. The van der Waals surface area contributed by atoms with Crippen molar-refractivity contribution in [3.05, 3.63) is 0 Å². The van der Waals surface area contributed by atoms with Gasteiger partial charge < -0.3 is 15.7 Å². The van der Waals surface area contributed by atoms with E-state index in [0.29, 0.717) is 25.6 Å². The van der Waals surface area contributed by atoms with Gasteiger partial charge in [0.05, 0.1) is 6.54 Å². The molecule has 4 nitrogen and oxygen atoms in total. The van der Waals surface area contributed by atoms with Crippen LogP contribution in [0.5, 0.6) is 0 Å². The first-order valence-corrected chi connectivity index (χ1v) is 5.64. The zero-order chi connectivity index (χ0) is 11.3. The van der Waals surface area contributed by atoms with E-state index in [1.807, 2.05) is 13.8 Å². The SMILES string of the molecule is CC(C)(CCO)CNC(=O)CNC1CC1. The van der Waals surface area contributed by atoms with Gasteiger partial charge in [0, 0.05) is 19.2 Å². The second-order valence-electron chi connectivity index (χ2n) is 5.07. The summed E-state index contributed by atoms with van der Waals surface area (Å²) in [7, 11) is 0. The van der Waals surface area contributed by atoms with Crippen LogP contribution in [0.4, 0.5) is 0 Å². The van der Waals surface area contributed by atoms with E-state index in [9.17, 15) is 4.79 Å². The molecule has 3 N–H and O–H groups in total. The van der Waals surface area contributed by atoms with Crippen LogP contribution in [0.25, 0.3) is 0 Å². The van der Waals surface area contributed by atoms with Crippen molar-refractivity contribution in [2.75, 3.05) is 19.7 Å². The molecule has 1 aliphatic rings. The van der Waals surface area contributed by atoms with E-state index in [2.05, 4.69) is 10.6 Å². The highest BCUT2D eigenvalue weighted by molar-refractivity contribution is 5.78. The topological polar surface area (TPSA) is 61.4 Å². The van der Waals surface area contributed by atoms with E-state index >= 15 is 0 Å². The highest BCUT2D eigenvalue weighted by atomic mass is 16.3. The first-order chi connectivity index (χ1) is 7.03. The van der Waals surface area contributed by atoms with E-state index in [4.69, 9.17) is 5.11 Å². The summed E-state index contributed by atoms with van der Waals surface area (Å²) in [6.45, 7) is 5.29. The summed E-state index contributed by atoms with van der Waals surface area (Å²) < 4.78 is 0. The smallest absolute Gasteiger partial charge is 0.233 e. The summed E-state index contributed by atoms with van der Waals surface area (Å²) in [6.07, 6.45) is 3.11. The lowest BCUT2D eigenvalue weighted by molar-refractivity contribution is -0.120. The average molecular weight is 214 g/mol. The molecule has 0 atom stereocenters. The molecule has 0 aromatic rings. The highest BCUT2D eigenvalue weighted by Crippen LogP contribution is 2.18. The monoisotopic (exact) mass is 214 g/mol. The number of hydrogen-bond donors (Lipinski definition) is 3. The third-order valence-electron chi connectivity index (χ3n) is 2.68. The molecule has 0 radical (unpaired) electrons. The Labute approximate surface area is 91.4 Å². The zero-order valence-electron chi connectivity index (χ0n) is 9.68. The molecule has 1 amide bonds. The van der Waals surface area contributed by atoms with Crippen molar-refractivity contribution >= 4 is 5.91 Å². The minimum Gasteiger partial charge on any atom is -0.396 e. The summed E-state index contributed by atoms with van der Waals surface area (Å²) >= 11 is 0. The number of aliphatic hydroxyl groups excluding tert-OH is 1. The number of nitrogens with one attached hydrogen (secondary N) is 2. The van der Waals surface area contributed by atoms with Gasteiger partial charge in [0.25, 0.3) is 0 Å². The molecule has 0 saturated heterocycles. The quantitative estimate of drug-likeness (QED) is 0.570. The zero-order valence-corrected chi connectivity index (χ0v) is 9.68. The van der Waals surface area contributed by atoms with Crippen LogP contribution in [0.1, 0.15) is 33.1 Å². The number of carbonyl (C=O) groups is 1. The molecule has 1 fully saturated rings. The predicted molar refractivity (Wildman–Crippen MR) is 59.5 cm³/mol. The predicted octanol–water partition coefficient (Wildman–Crippen LogP) is 0.263. The van der Waals surface area contributed by atoms with Gasteiger partial charge in [-0.25, -0.2) is 0 Å². The van der Waals surface area contributed by atoms with Crippen molar-refractivity contribution in [1.82, 2.24) is 10.6 Å². The third kappa shape index (κ3) is 5.74. The molecular formula is C11H22N2O2. The Morgan fingerprint density at radius 1 is 1.47 bits per heavy atom. The third-order valence-corrected chi connectivity index (χ3v) is 2.68. The molecule has 1 saturated carbocycles. The van der Waals surface area contributed by atoms with Crippen LogP contribution in [0, 0.1) is 5.41 Å². The molecular weight excluding hydrogens is 192 g/mol. The Hall–Kier alpha value is -0.610. The molecule has 88 valence electrons. The maximum absolute atomic E-state index is 11.4. The second-order valence-corrected chi connectivity index (χ2v) is 5.07. The van der Waals surface area contributed by atoms with Gasteiger partial charge in [0.1, 0.15) is 0 Å². The van der Waals surface area contributed by atoms with Gasteiger partial charge >= 0.3 is 0 Å². The Bertz CT molecular complexity index is 213. The second kappa shape index (κ2) is 5.47. The van der Waals surface area contributed by atoms with Gasteiger partial charge in [-0.1, -0.05) is 13.8 Å². The lowest BCUT2D eigenvalue weighted by Gasteiger charge is -2.23. The van der Waals surface area contributed by atoms with E-state index < -0.39 is 0 Å². The molecule has 1 rings (SSSR count). The van der Waals surface area contributed by atoms with Crippen LogP contribution in [-0.2, 0) is 4.79 Å². The van der Waals surface area contributed by atoms with Crippen molar-refractivity contribution in [3.63, 3.8) is 0 Å². The van der Waals surface area contributed by atoms with Crippen LogP contribution in [0.3, 0.4) is 0 Å². The van der Waals surface area contributed by atoms with Crippen LogP contribution >= 0.6 is 0 Å². The molecule has 15 heavy (non-hydrogen) atoms. The fraction of sp³-hybridized carbons (Fsp3) is 0.909. The largest absolute Gasteiger partial charge is 0.396 e. The molecule has 0 aromatic heterocycles. The van der Waals surface area contributed by atoms with E-state index in [-0.39, 0.29) is 17.9 Å². The maximum atomic E-state index is 11.4. The number of amides is 1. The lowest BCUT2D eigenvalue weighted by Crippen LogP contribution is -2.40. The Morgan fingerprint density at radius 2 is 2.13 bits per heavy atom. The normalized spacial score (nSPS) is 16.5. The van der Waals surface area contributed by atoms with Gasteiger partial charge in [0.2, 0.25) is 5.91 Å². The first kappa shape index (κ1) is 12.5. The average Bonchev–Trinajstić information content (AvgIpc) is 2.95. The fourth-order valence-electron chi connectivity index (χ4n) is 1.32. The Morgan fingerprint density at radius 3 is 2.67 bits per heavy atom. The van der Waals surface area contributed by atoms with Gasteiger partial charge in [-0.3, -0.25) is 4.79 Å². The van der Waals surface area contributed by atoms with Crippen molar-refractivity contribution in [1.29, 1.82) is 0 Å². The van der Waals surface area contributed by atoms with Crippen molar-refractivity contribution in [3.8, 4) is 0 Å². The van der Waals surface area contributed by atoms with Crippen LogP contribution in [-0.4, -0.2) is 36.8 Å². The van der Waals surface area contributed by atoms with Crippen molar-refractivity contribution in [2.24, 2.45) is 5.41 Å². The van der Waals surface area contributed by atoms with Gasteiger partial charge in [0.15, 0.2) is 0 Å². The molecule has 4 heteroatoms. The van der Waals surface area contributed by atoms with E-state index in [0.717, 1.165) is 0 Å². The fourth-order valence-corrected chi connectivity index (χ4v) is 1.32. The van der Waals surface area contributed by atoms with Crippen molar-refractivity contribution in [2.45, 2.75) is 39.2 Å². The Balaban J connectivity index is 2.08. The van der Waals surface area contributed by atoms with Gasteiger partial charge in [-0.2, -0.15) is 0 Å². The molecule has 0 spiro atoms. The first-order valence-electron chi connectivity index (χ1n) is 5.64. The molecule has 1 aliphatic carbocycles. The number of carbonyl (C=O) groups excluding carboxylic acids is 1. The maximum Gasteiger partial charge on any atom is 0.233 e. The number of aliphatic hydroxyl groups is 1. The summed E-state index contributed by atoms with van der Waals surface area (Å²) in [5, 5.41) is 14.9. The highest BCUT2D eigenvalue weighted by Gasteiger charge is 2.22. The number of rotatable bonds is 7.